The standard InChI is InChI=1S/C17H18N2O2/c18-10-11-21-16-8-6-14(7-9-16)12-19-17(13-20)15-4-2-1-3-5-15/h1-9,17,19-20H,11-13H2/t17-/m0/s1. The van der Waals surface area contributed by atoms with Crippen LogP contribution < -0.4 is 10.1 Å². The number of nitriles is 1. The minimum Gasteiger partial charge on any atom is -0.479 e. The highest BCUT2D eigenvalue weighted by Crippen LogP contribution is 2.15. The summed E-state index contributed by atoms with van der Waals surface area (Å²) in [6.45, 7) is 0.754. The van der Waals surface area contributed by atoms with Gasteiger partial charge in [-0.2, -0.15) is 5.26 Å². The first kappa shape index (κ1) is 15.0. The highest BCUT2D eigenvalue weighted by molar-refractivity contribution is 5.28. The van der Waals surface area contributed by atoms with Gasteiger partial charge in [0.15, 0.2) is 6.61 Å². The summed E-state index contributed by atoms with van der Waals surface area (Å²) >= 11 is 0. The lowest BCUT2D eigenvalue weighted by Crippen LogP contribution is -2.23. The topological polar surface area (TPSA) is 65.3 Å². The summed E-state index contributed by atoms with van der Waals surface area (Å²) in [5.41, 5.74) is 2.16. The third-order valence-corrected chi connectivity index (χ3v) is 3.16. The van der Waals surface area contributed by atoms with E-state index in [1.165, 1.54) is 0 Å². The highest BCUT2D eigenvalue weighted by Gasteiger charge is 2.08. The Kier molecular flexibility index (Phi) is 5.77. The Morgan fingerprint density at radius 3 is 2.43 bits per heavy atom. The third kappa shape index (κ3) is 4.60. The number of aliphatic hydroxyl groups is 1. The Labute approximate surface area is 124 Å². The van der Waals surface area contributed by atoms with Crippen molar-refractivity contribution in [3.63, 3.8) is 0 Å². The van der Waals surface area contributed by atoms with Crippen LogP contribution >= 0.6 is 0 Å². The zero-order valence-electron chi connectivity index (χ0n) is 11.7. The van der Waals surface area contributed by atoms with Crippen LogP contribution in [0.1, 0.15) is 17.2 Å². The van der Waals surface area contributed by atoms with E-state index >= 15 is 0 Å². The van der Waals surface area contributed by atoms with Crippen molar-refractivity contribution in [3.05, 3.63) is 65.7 Å². The Hall–Kier alpha value is -2.35. The molecule has 0 unspecified atom stereocenters. The molecule has 4 nitrogen and oxygen atoms in total. The van der Waals surface area contributed by atoms with Crippen LogP contribution in [0.2, 0.25) is 0 Å². The Bertz CT molecular complexity index is 576. The summed E-state index contributed by atoms with van der Waals surface area (Å²) < 4.78 is 5.20. The first-order valence-electron chi connectivity index (χ1n) is 6.81. The zero-order chi connectivity index (χ0) is 14.9. The Morgan fingerprint density at radius 2 is 1.81 bits per heavy atom. The number of aliphatic hydroxyl groups excluding tert-OH is 1. The normalized spacial score (nSPS) is 11.6. The molecule has 0 amide bonds. The molecule has 21 heavy (non-hydrogen) atoms. The molecule has 2 aromatic carbocycles. The summed E-state index contributed by atoms with van der Waals surface area (Å²) in [5.74, 6) is 0.682. The Morgan fingerprint density at radius 1 is 1.10 bits per heavy atom. The number of rotatable bonds is 7. The van der Waals surface area contributed by atoms with Crippen molar-refractivity contribution in [1.82, 2.24) is 5.32 Å². The van der Waals surface area contributed by atoms with Gasteiger partial charge in [-0.15, -0.1) is 0 Å². The van der Waals surface area contributed by atoms with Gasteiger partial charge in [-0.1, -0.05) is 42.5 Å². The number of ether oxygens (including phenoxy) is 1. The first-order chi connectivity index (χ1) is 10.3. The average Bonchev–Trinajstić information content (AvgIpc) is 2.55. The fraction of sp³-hybridized carbons (Fsp3) is 0.235. The van der Waals surface area contributed by atoms with Crippen LogP contribution in [0.25, 0.3) is 0 Å². The molecular weight excluding hydrogens is 264 g/mol. The van der Waals surface area contributed by atoms with Crippen LogP contribution in [-0.2, 0) is 6.54 Å². The maximum atomic E-state index is 9.49. The van der Waals surface area contributed by atoms with E-state index in [9.17, 15) is 5.11 Å². The van der Waals surface area contributed by atoms with Crippen LogP contribution in [0.3, 0.4) is 0 Å². The highest BCUT2D eigenvalue weighted by atomic mass is 16.5. The van der Waals surface area contributed by atoms with Gasteiger partial charge in [0, 0.05) is 6.54 Å². The van der Waals surface area contributed by atoms with Gasteiger partial charge in [-0.25, -0.2) is 0 Å². The SMILES string of the molecule is N#CCOc1ccc(CN[C@@H](CO)c2ccccc2)cc1. The number of hydrogen-bond donors (Lipinski definition) is 2. The maximum absolute atomic E-state index is 9.49. The molecule has 2 rings (SSSR count). The minimum atomic E-state index is -0.0827. The number of nitrogens with one attached hydrogen (secondary N) is 1. The van der Waals surface area contributed by atoms with E-state index in [2.05, 4.69) is 5.32 Å². The predicted molar refractivity (Wildman–Crippen MR) is 80.7 cm³/mol. The predicted octanol–water partition coefficient (Wildman–Crippen LogP) is 2.41. The molecule has 1 atom stereocenters. The van der Waals surface area contributed by atoms with Crippen LogP contribution in [0.4, 0.5) is 0 Å². The Balaban J connectivity index is 1.91. The quantitative estimate of drug-likeness (QED) is 0.818. The van der Waals surface area contributed by atoms with Gasteiger partial charge in [-0.05, 0) is 23.3 Å². The molecule has 0 radical (unpaired) electrons. The maximum Gasteiger partial charge on any atom is 0.174 e. The number of nitrogens with zero attached hydrogens (tertiary/aromatic N) is 1. The molecule has 0 aromatic heterocycles. The minimum absolute atomic E-state index is 0.0490. The van der Waals surface area contributed by atoms with E-state index in [4.69, 9.17) is 10.00 Å². The number of hydrogen-bond acceptors (Lipinski definition) is 4. The second-order valence-corrected chi connectivity index (χ2v) is 4.62. The van der Waals surface area contributed by atoms with Crippen molar-refractivity contribution in [3.8, 4) is 11.8 Å². The van der Waals surface area contributed by atoms with E-state index in [-0.39, 0.29) is 19.3 Å². The lowest BCUT2D eigenvalue weighted by molar-refractivity contribution is 0.243. The van der Waals surface area contributed by atoms with E-state index in [1.54, 1.807) is 0 Å². The molecule has 0 heterocycles. The van der Waals surface area contributed by atoms with E-state index in [0.29, 0.717) is 12.3 Å². The van der Waals surface area contributed by atoms with E-state index in [0.717, 1.165) is 11.1 Å². The molecule has 0 saturated heterocycles. The van der Waals surface area contributed by atoms with E-state index in [1.807, 2.05) is 60.7 Å². The molecule has 2 aromatic rings. The van der Waals surface area contributed by atoms with Crippen molar-refractivity contribution in [1.29, 1.82) is 5.26 Å². The summed E-state index contributed by atoms with van der Waals surface area (Å²) in [6, 6.07) is 19.3. The molecule has 0 bridgehead atoms. The van der Waals surface area contributed by atoms with Gasteiger partial charge in [-0.3, -0.25) is 0 Å². The van der Waals surface area contributed by atoms with Gasteiger partial charge in [0.1, 0.15) is 11.8 Å². The third-order valence-electron chi connectivity index (χ3n) is 3.16. The summed E-state index contributed by atoms with van der Waals surface area (Å²) in [4.78, 5) is 0. The summed E-state index contributed by atoms with van der Waals surface area (Å²) in [7, 11) is 0. The lowest BCUT2D eigenvalue weighted by Gasteiger charge is -2.16. The largest absolute Gasteiger partial charge is 0.479 e. The van der Waals surface area contributed by atoms with Crippen molar-refractivity contribution in [2.24, 2.45) is 0 Å². The fourth-order valence-electron chi connectivity index (χ4n) is 2.03. The molecule has 4 heteroatoms. The van der Waals surface area contributed by atoms with Crippen molar-refractivity contribution < 1.29 is 9.84 Å². The monoisotopic (exact) mass is 282 g/mol. The van der Waals surface area contributed by atoms with Crippen LogP contribution in [0.5, 0.6) is 5.75 Å². The zero-order valence-corrected chi connectivity index (χ0v) is 11.7. The van der Waals surface area contributed by atoms with Gasteiger partial charge in [0.2, 0.25) is 0 Å². The molecule has 0 saturated carbocycles. The van der Waals surface area contributed by atoms with Crippen molar-refractivity contribution >= 4 is 0 Å². The molecule has 0 aliphatic carbocycles. The molecule has 0 fully saturated rings. The van der Waals surface area contributed by atoms with Crippen molar-refractivity contribution in [2.45, 2.75) is 12.6 Å². The second kappa shape index (κ2) is 8.05. The summed E-state index contributed by atoms with van der Waals surface area (Å²) in [5, 5.41) is 21.3. The summed E-state index contributed by atoms with van der Waals surface area (Å²) in [6.07, 6.45) is 0. The van der Waals surface area contributed by atoms with Crippen LogP contribution in [0.15, 0.2) is 54.6 Å². The molecule has 108 valence electrons. The number of benzene rings is 2. The lowest BCUT2D eigenvalue weighted by atomic mass is 10.1. The van der Waals surface area contributed by atoms with Crippen molar-refractivity contribution in [2.75, 3.05) is 13.2 Å². The van der Waals surface area contributed by atoms with Crippen LogP contribution in [0, 0.1) is 11.3 Å². The van der Waals surface area contributed by atoms with Gasteiger partial charge in [0.05, 0.1) is 12.6 Å². The fourth-order valence-corrected chi connectivity index (χ4v) is 2.03. The first-order valence-corrected chi connectivity index (χ1v) is 6.81. The second-order valence-electron chi connectivity index (χ2n) is 4.62. The smallest absolute Gasteiger partial charge is 0.174 e. The van der Waals surface area contributed by atoms with E-state index < -0.39 is 0 Å². The molecule has 2 N–H and O–H groups in total. The molecule has 0 aliphatic rings. The van der Waals surface area contributed by atoms with Gasteiger partial charge >= 0.3 is 0 Å². The van der Waals surface area contributed by atoms with Gasteiger partial charge in [0.25, 0.3) is 0 Å². The molecular formula is C17H18N2O2. The molecule has 0 spiro atoms. The average molecular weight is 282 g/mol. The van der Waals surface area contributed by atoms with Crippen LogP contribution in [-0.4, -0.2) is 18.3 Å². The van der Waals surface area contributed by atoms with Gasteiger partial charge < -0.3 is 15.2 Å². The molecule has 0 aliphatic heterocycles.